The van der Waals surface area contributed by atoms with Crippen molar-refractivity contribution in [1.82, 2.24) is 15.5 Å². The van der Waals surface area contributed by atoms with Crippen molar-refractivity contribution in [1.29, 1.82) is 0 Å². The second-order valence-corrected chi connectivity index (χ2v) is 4.61. The van der Waals surface area contributed by atoms with E-state index in [9.17, 15) is 0 Å². The molecule has 1 unspecified atom stereocenters. The fourth-order valence-electron chi connectivity index (χ4n) is 2.21. The monoisotopic (exact) mass is 247 g/mol. The van der Waals surface area contributed by atoms with Crippen molar-refractivity contribution in [2.45, 2.75) is 39.7 Å². The predicted octanol–water partition coefficient (Wildman–Crippen LogP) is 2.44. The summed E-state index contributed by atoms with van der Waals surface area (Å²) >= 11 is 0. The summed E-state index contributed by atoms with van der Waals surface area (Å²) in [6, 6.07) is 2.19. The normalized spacial score (nSPS) is 16.9. The quantitative estimate of drug-likeness (QED) is 0.887. The maximum absolute atomic E-state index is 5.79. The SMILES string of the molecule is CCNC(C1=CCCCO1)c1cc(C)nnc1C. The van der Waals surface area contributed by atoms with Gasteiger partial charge in [0.05, 0.1) is 24.0 Å². The van der Waals surface area contributed by atoms with Crippen LogP contribution in [0.25, 0.3) is 0 Å². The average molecular weight is 247 g/mol. The molecule has 18 heavy (non-hydrogen) atoms. The Morgan fingerprint density at radius 1 is 1.39 bits per heavy atom. The number of rotatable bonds is 4. The summed E-state index contributed by atoms with van der Waals surface area (Å²) in [4.78, 5) is 0. The van der Waals surface area contributed by atoms with Gasteiger partial charge in [0.2, 0.25) is 0 Å². The van der Waals surface area contributed by atoms with E-state index in [0.29, 0.717) is 0 Å². The van der Waals surface area contributed by atoms with Crippen LogP contribution in [0.4, 0.5) is 0 Å². The Kier molecular flexibility index (Phi) is 4.31. The molecule has 2 heterocycles. The number of nitrogens with one attached hydrogen (secondary N) is 1. The Morgan fingerprint density at radius 2 is 2.22 bits per heavy atom. The standard InChI is InChI=1S/C14H21N3O/c1-4-15-14(13-7-5-6-8-18-13)12-9-10(2)16-17-11(12)3/h7,9,14-15H,4-6,8H2,1-3H3. The third kappa shape index (κ3) is 2.88. The molecule has 0 amide bonds. The van der Waals surface area contributed by atoms with Gasteiger partial charge < -0.3 is 10.1 Å². The predicted molar refractivity (Wildman–Crippen MR) is 71.2 cm³/mol. The first kappa shape index (κ1) is 13.0. The zero-order chi connectivity index (χ0) is 13.0. The van der Waals surface area contributed by atoms with Gasteiger partial charge in [-0.2, -0.15) is 10.2 Å². The Morgan fingerprint density at radius 3 is 2.89 bits per heavy atom. The minimum atomic E-state index is 0.101. The van der Waals surface area contributed by atoms with Crippen molar-refractivity contribution in [2.75, 3.05) is 13.2 Å². The zero-order valence-electron chi connectivity index (χ0n) is 11.4. The number of nitrogens with zero attached hydrogens (tertiary/aromatic N) is 2. The summed E-state index contributed by atoms with van der Waals surface area (Å²) in [7, 11) is 0. The number of hydrogen-bond donors (Lipinski definition) is 1. The maximum Gasteiger partial charge on any atom is 0.113 e. The maximum atomic E-state index is 5.79. The molecule has 1 aliphatic rings. The molecule has 1 aromatic rings. The fourth-order valence-corrected chi connectivity index (χ4v) is 2.21. The van der Waals surface area contributed by atoms with E-state index in [4.69, 9.17) is 4.74 Å². The lowest BCUT2D eigenvalue weighted by atomic mass is 10.0. The summed E-state index contributed by atoms with van der Waals surface area (Å²) in [6.07, 6.45) is 4.38. The third-order valence-electron chi connectivity index (χ3n) is 3.11. The average Bonchev–Trinajstić information content (AvgIpc) is 2.40. The molecule has 0 aliphatic carbocycles. The summed E-state index contributed by atoms with van der Waals surface area (Å²) in [5.74, 6) is 1.03. The highest BCUT2D eigenvalue weighted by Gasteiger charge is 2.21. The highest BCUT2D eigenvalue weighted by molar-refractivity contribution is 5.30. The van der Waals surface area contributed by atoms with E-state index in [1.54, 1.807) is 0 Å². The van der Waals surface area contributed by atoms with Crippen molar-refractivity contribution < 1.29 is 4.74 Å². The molecule has 0 radical (unpaired) electrons. The van der Waals surface area contributed by atoms with Crippen molar-refractivity contribution >= 4 is 0 Å². The number of allylic oxidation sites excluding steroid dienone is 1. The topological polar surface area (TPSA) is 47.0 Å². The number of aromatic nitrogens is 2. The first-order chi connectivity index (χ1) is 8.72. The summed E-state index contributed by atoms with van der Waals surface area (Å²) < 4.78 is 5.79. The lowest BCUT2D eigenvalue weighted by molar-refractivity contribution is 0.168. The smallest absolute Gasteiger partial charge is 0.113 e. The fraction of sp³-hybridized carbons (Fsp3) is 0.571. The molecule has 4 nitrogen and oxygen atoms in total. The Hall–Kier alpha value is -1.42. The lowest BCUT2D eigenvalue weighted by Crippen LogP contribution is -2.26. The molecule has 1 atom stereocenters. The number of ether oxygens (including phenoxy) is 1. The van der Waals surface area contributed by atoms with Crippen molar-refractivity contribution in [3.05, 3.63) is 34.9 Å². The van der Waals surface area contributed by atoms with Gasteiger partial charge in [-0.3, -0.25) is 0 Å². The minimum absolute atomic E-state index is 0.101. The van der Waals surface area contributed by atoms with Crippen molar-refractivity contribution in [3.63, 3.8) is 0 Å². The van der Waals surface area contributed by atoms with Crippen LogP contribution in [0.5, 0.6) is 0 Å². The molecule has 1 aromatic heterocycles. The van der Waals surface area contributed by atoms with Crippen LogP contribution >= 0.6 is 0 Å². The van der Waals surface area contributed by atoms with Gasteiger partial charge in [0.1, 0.15) is 5.76 Å². The van der Waals surface area contributed by atoms with Gasteiger partial charge in [-0.05, 0) is 45.4 Å². The van der Waals surface area contributed by atoms with Gasteiger partial charge in [0, 0.05) is 5.56 Å². The van der Waals surface area contributed by atoms with E-state index in [2.05, 4.69) is 34.6 Å². The first-order valence-electron chi connectivity index (χ1n) is 6.59. The second kappa shape index (κ2) is 5.96. The van der Waals surface area contributed by atoms with Crippen LogP contribution in [0.1, 0.15) is 42.8 Å². The number of hydrogen-bond acceptors (Lipinski definition) is 4. The first-order valence-corrected chi connectivity index (χ1v) is 6.59. The van der Waals surface area contributed by atoms with E-state index in [-0.39, 0.29) is 6.04 Å². The van der Waals surface area contributed by atoms with Crippen LogP contribution in [-0.4, -0.2) is 23.3 Å². The number of likely N-dealkylation sites (N-methyl/N-ethyl adjacent to an activating group) is 1. The Labute approximate surface area is 108 Å². The molecule has 0 fully saturated rings. The Balaban J connectivity index is 2.34. The molecule has 98 valence electrons. The molecular formula is C14H21N3O. The molecule has 2 rings (SSSR count). The number of aryl methyl sites for hydroxylation is 2. The van der Waals surface area contributed by atoms with Crippen LogP contribution < -0.4 is 5.32 Å². The molecule has 1 aliphatic heterocycles. The molecule has 0 saturated carbocycles. The van der Waals surface area contributed by atoms with E-state index < -0.39 is 0 Å². The van der Waals surface area contributed by atoms with Gasteiger partial charge in [0.15, 0.2) is 0 Å². The van der Waals surface area contributed by atoms with Gasteiger partial charge >= 0.3 is 0 Å². The van der Waals surface area contributed by atoms with Gasteiger partial charge in [-0.25, -0.2) is 0 Å². The van der Waals surface area contributed by atoms with Crippen LogP contribution in [0.3, 0.4) is 0 Å². The zero-order valence-corrected chi connectivity index (χ0v) is 11.4. The molecule has 0 aromatic carbocycles. The van der Waals surface area contributed by atoms with E-state index in [1.807, 2.05) is 13.8 Å². The van der Waals surface area contributed by atoms with Gasteiger partial charge in [0.25, 0.3) is 0 Å². The van der Waals surface area contributed by atoms with Gasteiger partial charge in [-0.15, -0.1) is 0 Å². The van der Waals surface area contributed by atoms with Crippen LogP contribution in [0.2, 0.25) is 0 Å². The van der Waals surface area contributed by atoms with Crippen molar-refractivity contribution in [2.24, 2.45) is 0 Å². The van der Waals surface area contributed by atoms with Crippen LogP contribution in [0, 0.1) is 13.8 Å². The largest absolute Gasteiger partial charge is 0.496 e. The van der Waals surface area contributed by atoms with Gasteiger partial charge in [-0.1, -0.05) is 6.92 Å². The highest BCUT2D eigenvalue weighted by Crippen LogP contribution is 2.27. The molecule has 1 N–H and O–H groups in total. The summed E-state index contributed by atoms with van der Waals surface area (Å²) in [5, 5.41) is 11.8. The lowest BCUT2D eigenvalue weighted by Gasteiger charge is -2.25. The van der Waals surface area contributed by atoms with E-state index >= 15 is 0 Å². The molecule has 0 spiro atoms. The van der Waals surface area contributed by atoms with E-state index in [1.165, 1.54) is 0 Å². The highest BCUT2D eigenvalue weighted by atomic mass is 16.5. The van der Waals surface area contributed by atoms with E-state index in [0.717, 1.165) is 48.7 Å². The van der Waals surface area contributed by atoms with Crippen molar-refractivity contribution in [3.8, 4) is 0 Å². The molecule has 0 bridgehead atoms. The van der Waals surface area contributed by atoms with Crippen LogP contribution in [0.15, 0.2) is 17.9 Å². The summed E-state index contributed by atoms with van der Waals surface area (Å²) in [6.45, 7) is 7.77. The van der Waals surface area contributed by atoms with Crippen LogP contribution in [-0.2, 0) is 4.74 Å². The minimum Gasteiger partial charge on any atom is -0.496 e. The second-order valence-electron chi connectivity index (χ2n) is 4.61. The molecule has 0 saturated heterocycles. The third-order valence-corrected chi connectivity index (χ3v) is 3.11. The molecule has 4 heteroatoms. The summed E-state index contributed by atoms with van der Waals surface area (Å²) in [5.41, 5.74) is 3.06. The Bertz CT molecular complexity index is 443. The molecular weight excluding hydrogens is 226 g/mol.